The number of halogens is 1. The first-order chi connectivity index (χ1) is 11.4. The molecule has 1 aromatic rings. The number of fused-ring (bicyclic) bond motifs is 1. The van der Waals surface area contributed by atoms with E-state index in [4.69, 9.17) is 5.73 Å². The Kier molecular flexibility index (Phi) is 5.12. The molecule has 0 bridgehead atoms. The Hall–Kier alpha value is -1.15. The number of nitrogens with zero attached hydrogens (tertiary/aromatic N) is 1. The molecular weight excluding hydrogens is 362 g/mol. The predicted molar refractivity (Wildman–Crippen MR) is 97.1 cm³/mol. The van der Waals surface area contributed by atoms with Crippen molar-refractivity contribution in [3.63, 3.8) is 0 Å². The van der Waals surface area contributed by atoms with E-state index in [-0.39, 0.29) is 35.3 Å². The number of nitrogens with two attached hydrogens (primary N) is 1. The molecule has 3 N–H and O–H groups in total. The summed E-state index contributed by atoms with van der Waals surface area (Å²) in [6.07, 6.45) is 3.89. The van der Waals surface area contributed by atoms with Gasteiger partial charge in [0.05, 0.1) is 4.90 Å². The lowest BCUT2D eigenvalue weighted by Crippen LogP contribution is -2.33. The predicted octanol–water partition coefficient (Wildman–Crippen LogP) is 1.36. The van der Waals surface area contributed by atoms with Gasteiger partial charge in [-0.3, -0.25) is 4.79 Å². The molecule has 3 fully saturated rings. The first kappa shape index (κ1) is 18.6. The van der Waals surface area contributed by atoms with E-state index in [0.29, 0.717) is 23.9 Å². The molecule has 0 radical (unpaired) electrons. The van der Waals surface area contributed by atoms with Crippen LogP contribution in [0.1, 0.15) is 36.0 Å². The number of hydrogen-bond donors (Lipinski definition) is 2. The Labute approximate surface area is 154 Å². The second-order valence-electron chi connectivity index (χ2n) is 7.30. The van der Waals surface area contributed by atoms with Crippen molar-refractivity contribution in [3.8, 4) is 0 Å². The van der Waals surface area contributed by atoms with Crippen LogP contribution in [0.3, 0.4) is 0 Å². The molecule has 1 heterocycles. The minimum Gasteiger partial charge on any atom is -0.338 e. The molecule has 0 aromatic heterocycles. The molecule has 3 aliphatic rings. The number of benzene rings is 1. The molecule has 25 heavy (non-hydrogen) atoms. The fourth-order valence-corrected chi connectivity index (χ4v) is 5.29. The maximum absolute atomic E-state index is 12.8. The molecule has 2 saturated carbocycles. The number of likely N-dealkylation sites (tertiary alicyclic amines) is 1. The summed E-state index contributed by atoms with van der Waals surface area (Å²) < 4.78 is 27.3. The van der Waals surface area contributed by atoms with E-state index in [9.17, 15) is 13.2 Å². The molecular formula is C17H24ClN3O3S. The summed E-state index contributed by atoms with van der Waals surface area (Å²) in [5.74, 6) is 0.782. The van der Waals surface area contributed by atoms with Gasteiger partial charge in [0.15, 0.2) is 0 Å². The van der Waals surface area contributed by atoms with Gasteiger partial charge >= 0.3 is 0 Å². The Morgan fingerprint density at radius 2 is 1.92 bits per heavy atom. The average Bonchev–Trinajstić information content (AvgIpc) is 3.15. The van der Waals surface area contributed by atoms with Gasteiger partial charge in [-0.25, -0.2) is 13.1 Å². The maximum Gasteiger partial charge on any atom is 0.253 e. The summed E-state index contributed by atoms with van der Waals surface area (Å²) in [6.45, 7) is 1.41. The zero-order valence-electron chi connectivity index (χ0n) is 13.9. The average molecular weight is 386 g/mol. The van der Waals surface area contributed by atoms with Crippen molar-refractivity contribution in [3.05, 3.63) is 29.8 Å². The first-order valence-electron chi connectivity index (χ1n) is 8.61. The molecule has 3 unspecified atom stereocenters. The van der Waals surface area contributed by atoms with E-state index in [1.165, 1.54) is 12.1 Å². The summed E-state index contributed by atoms with van der Waals surface area (Å²) >= 11 is 0. The Morgan fingerprint density at radius 1 is 1.16 bits per heavy atom. The second kappa shape index (κ2) is 6.87. The third kappa shape index (κ3) is 3.69. The smallest absolute Gasteiger partial charge is 0.253 e. The quantitative estimate of drug-likeness (QED) is 0.818. The fraction of sp³-hybridized carbons (Fsp3) is 0.588. The highest BCUT2D eigenvalue weighted by molar-refractivity contribution is 7.89. The van der Waals surface area contributed by atoms with Crippen LogP contribution < -0.4 is 10.5 Å². The lowest BCUT2D eigenvalue weighted by Gasteiger charge is -2.19. The molecule has 1 aliphatic heterocycles. The number of amides is 1. The van der Waals surface area contributed by atoms with E-state index >= 15 is 0 Å². The number of nitrogens with one attached hydrogen (secondary N) is 1. The van der Waals surface area contributed by atoms with Gasteiger partial charge in [-0.05, 0) is 55.7 Å². The van der Waals surface area contributed by atoms with Crippen molar-refractivity contribution < 1.29 is 13.2 Å². The molecule has 138 valence electrons. The molecule has 1 aromatic carbocycles. The van der Waals surface area contributed by atoms with Gasteiger partial charge in [0.25, 0.3) is 5.91 Å². The van der Waals surface area contributed by atoms with Gasteiger partial charge in [0, 0.05) is 30.7 Å². The monoisotopic (exact) mass is 385 g/mol. The Balaban J connectivity index is 0.00000182. The highest BCUT2D eigenvalue weighted by Crippen LogP contribution is 2.37. The van der Waals surface area contributed by atoms with E-state index < -0.39 is 10.0 Å². The van der Waals surface area contributed by atoms with Crippen LogP contribution in [-0.2, 0) is 10.0 Å². The summed E-state index contributed by atoms with van der Waals surface area (Å²) in [5, 5.41) is 0. The second-order valence-corrected chi connectivity index (χ2v) is 9.01. The normalized spacial score (nSPS) is 28.5. The number of sulfonamides is 1. The number of carbonyl (C=O) groups excluding carboxylic acids is 1. The molecule has 2 aliphatic carbocycles. The highest BCUT2D eigenvalue weighted by Gasteiger charge is 2.42. The number of carbonyl (C=O) groups is 1. The third-order valence-electron chi connectivity index (χ3n) is 5.49. The summed E-state index contributed by atoms with van der Waals surface area (Å²) in [6, 6.07) is 6.58. The van der Waals surface area contributed by atoms with Gasteiger partial charge in [-0.2, -0.15) is 0 Å². The first-order valence-corrected chi connectivity index (χ1v) is 10.1. The molecule has 8 heteroatoms. The van der Waals surface area contributed by atoms with Crippen LogP contribution >= 0.6 is 12.4 Å². The van der Waals surface area contributed by atoms with Crippen LogP contribution in [0, 0.1) is 11.8 Å². The van der Waals surface area contributed by atoms with Crippen LogP contribution in [0.4, 0.5) is 0 Å². The van der Waals surface area contributed by atoms with Gasteiger partial charge in [0.1, 0.15) is 0 Å². The molecule has 4 rings (SSSR count). The fourth-order valence-electron chi connectivity index (χ4n) is 3.94. The maximum atomic E-state index is 12.8. The van der Waals surface area contributed by atoms with E-state index in [1.807, 2.05) is 4.90 Å². The molecule has 3 atom stereocenters. The molecule has 0 spiro atoms. The van der Waals surface area contributed by atoms with Crippen molar-refractivity contribution in [1.82, 2.24) is 9.62 Å². The number of hydrogen-bond acceptors (Lipinski definition) is 4. The van der Waals surface area contributed by atoms with Crippen molar-refractivity contribution >= 4 is 28.3 Å². The minimum atomic E-state index is -3.54. The number of rotatable bonds is 4. The van der Waals surface area contributed by atoms with Crippen molar-refractivity contribution in [2.24, 2.45) is 17.6 Å². The minimum absolute atomic E-state index is 0. The third-order valence-corrected chi connectivity index (χ3v) is 7.01. The van der Waals surface area contributed by atoms with Gasteiger partial charge < -0.3 is 10.6 Å². The Morgan fingerprint density at radius 3 is 2.60 bits per heavy atom. The van der Waals surface area contributed by atoms with Gasteiger partial charge in [-0.15, -0.1) is 12.4 Å². The molecule has 1 saturated heterocycles. The highest BCUT2D eigenvalue weighted by atomic mass is 35.5. The van der Waals surface area contributed by atoms with Crippen LogP contribution in [0.2, 0.25) is 0 Å². The summed E-state index contributed by atoms with van der Waals surface area (Å²) in [5.41, 5.74) is 6.56. The lowest BCUT2D eigenvalue weighted by molar-refractivity contribution is 0.0779. The zero-order chi connectivity index (χ0) is 16.9. The SMILES string of the molecule is Cl.NC1CCC2CN(C(=O)c3cccc(S(=O)(=O)NC4CC4)c3)CC12. The van der Waals surface area contributed by atoms with Gasteiger partial charge in [0.2, 0.25) is 10.0 Å². The van der Waals surface area contributed by atoms with Crippen molar-refractivity contribution in [2.75, 3.05) is 13.1 Å². The van der Waals surface area contributed by atoms with Gasteiger partial charge in [-0.1, -0.05) is 6.07 Å². The van der Waals surface area contributed by atoms with Crippen LogP contribution in [-0.4, -0.2) is 44.4 Å². The zero-order valence-corrected chi connectivity index (χ0v) is 15.6. The van der Waals surface area contributed by atoms with E-state index in [2.05, 4.69) is 4.72 Å². The van der Waals surface area contributed by atoms with Crippen LogP contribution in [0.5, 0.6) is 0 Å². The summed E-state index contributed by atoms with van der Waals surface area (Å²) in [4.78, 5) is 14.8. The van der Waals surface area contributed by atoms with E-state index in [1.54, 1.807) is 12.1 Å². The topological polar surface area (TPSA) is 92.5 Å². The van der Waals surface area contributed by atoms with Crippen molar-refractivity contribution in [1.29, 1.82) is 0 Å². The standard InChI is InChI=1S/C17H23N3O3S.ClH/c18-16-7-4-12-9-20(10-15(12)16)17(21)11-2-1-3-14(8-11)24(22,23)19-13-5-6-13;/h1-3,8,12-13,15-16,19H,4-7,9-10,18H2;1H. The van der Waals surface area contributed by atoms with Crippen LogP contribution in [0.25, 0.3) is 0 Å². The van der Waals surface area contributed by atoms with Crippen LogP contribution in [0.15, 0.2) is 29.2 Å². The van der Waals surface area contributed by atoms with Crippen molar-refractivity contribution in [2.45, 2.75) is 42.7 Å². The Bertz CT molecular complexity index is 766. The largest absolute Gasteiger partial charge is 0.338 e. The lowest BCUT2D eigenvalue weighted by atomic mass is 9.98. The molecule has 6 nitrogen and oxygen atoms in total. The van der Waals surface area contributed by atoms with E-state index in [0.717, 1.165) is 32.2 Å². The summed E-state index contributed by atoms with van der Waals surface area (Å²) in [7, 11) is -3.54. The molecule has 1 amide bonds.